The van der Waals surface area contributed by atoms with Gasteiger partial charge in [0.1, 0.15) is 41.6 Å². The van der Waals surface area contributed by atoms with Gasteiger partial charge in [0, 0.05) is 46.6 Å². The third-order valence-electron chi connectivity index (χ3n) is 13.8. The average molecular weight is 939 g/mol. The number of pyridine rings is 1. The molecule has 3 fully saturated rings. The summed E-state index contributed by atoms with van der Waals surface area (Å²) in [7, 11) is 4.35. The van der Waals surface area contributed by atoms with Gasteiger partial charge >= 0.3 is 5.97 Å². The second-order valence-electron chi connectivity index (χ2n) is 19.8. The van der Waals surface area contributed by atoms with Gasteiger partial charge in [-0.25, -0.2) is 9.18 Å². The number of hydrogen-bond donors (Lipinski definition) is 3. The van der Waals surface area contributed by atoms with E-state index in [0.717, 1.165) is 38.3 Å². The third-order valence-corrected chi connectivity index (χ3v) is 13.8. The number of rotatable bonds is 18. The van der Waals surface area contributed by atoms with Crippen LogP contribution in [0.25, 0.3) is 0 Å². The highest BCUT2D eigenvalue weighted by Crippen LogP contribution is 2.39. The lowest BCUT2D eigenvalue weighted by atomic mass is 9.73. The summed E-state index contributed by atoms with van der Waals surface area (Å²) in [6, 6.07) is -2.68. The summed E-state index contributed by atoms with van der Waals surface area (Å²) in [5, 5.41) is 18.3. The van der Waals surface area contributed by atoms with Crippen LogP contribution in [0.15, 0.2) is 18.5 Å². The molecule has 0 radical (unpaired) electrons. The number of carbonyl (C=O) groups excluding carboxylic acids is 7. The standard InChI is InChI=1S/C50H79FN8O8/c1-12-15-18-33(14-3)21-22-37-46(63)57(9)40(25-32(6)7)43(60)55-38(24-31(4)5)47(64)58(10)41(27-34-26-36(51)30-53-29-34)44(61)56-39-28-35(19-16-13-2)50(8,59(11)48(39)65)49(66)67-42(20-17-23-52)45(62)54-37/h26,29-33,35,37-42H,12-22,24-25,27-28H2,1-11H3,(H,54,62)(H,55,60)(H,56,61)/t33-,35?,37+,38+,39+,40+,41+,42-,50-/m1/s1. The molecule has 4 rings (SSSR count). The van der Waals surface area contributed by atoms with Crippen molar-refractivity contribution in [3.05, 3.63) is 29.8 Å². The maximum absolute atomic E-state index is 14.8. The molecule has 1 aromatic rings. The van der Waals surface area contributed by atoms with E-state index in [0.29, 0.717) is 24.8 Å². The summed E-state index contributed by atoms with van der Waals surface area (Å²) in [5.74, 6) is -6.04. The Labute approximate surface area is 398 Å². The van der Waals surface area contributed by atoms with E-state index in [9.17, 15) is 43.2 Å². The molecule has 3 aliphatic rings. The average Bonchev–Trinajstić information content (AvgIpc) is 3.28. The molecule has 16 nitrogen and oxygen atoms in total. The van der Waals surface area contributed by atoms with E-state index in [1.165, 1.54) is 48.1 Å². The van der Waals surface area contributed by atoms with Crippen LogP contribution in [0.4, 0.5) is 4.39 Å². The first-order valence-corrected chi connectivity index (χ1v) is 24.5. The number of likely N-dealkylation sites (N-methyl/N-ethyl adjacent to an activating group) is 3. The first kappa shape index (κ1) is 56.2. The molecule has 0 spiro atoms. The first-order valence-electron chi connectivity index (χ1n) is 24.5. The molecule has 3 aliphatic heterocycles. The van der Waals surface area contributed by atoms with E-state index in [1.807, 2.05) is 40.7 Å². The molecule has 3 saturated heterocycles. The van der Waals surface area contributed by atoms with Gasteiger partial charge in [0.25, 0.3) is 5.91 Å². The lowest BCUT2D eigenvalue weighted by Crippen LogP contribution is -2.68. The molecule has 2 bridgehead atoms. The Kier molecular flexibility index (Phi) is 22.2. The van der Waals surface area contributed by atoms with Crippen molar-refractivity contribution in [2.45, 2.75) is 194 Å². The second kappa shape index (κ2) is 26.4. The zero-order valence-corrected chi connectivity index (χ0v) is 42.0. The summed E-state index contributed by atoms with van der Waals surface area (Å²) >= 11 is 0. The molecule has 0 aromatic carbocycles. The number of esters is 1. The van der Waals surface area contributed by atoms with E-state index in [1.54, 1.807) is 6.92 Å². The van der Waals surface area contributed by atoms with Crippen LogP contribution in [0.3, 0.4) is 0 Å². The Bertz CT molecular complexity index is 1910. The molecule has 3 N–H and O–H groups in total. The molecule has 9 atom stereocenters. The van der Waals surface area contributed by atoms with Crippen LogP contribution >= 0.6 is 0 Å². The smallest absolute Gasteiger partial charge is 0.332 e. The van der Waals surface area contributed by atoms with E-state index in [-0.39, 0.29) is 62.7 Å². The van der Waals surface area contributed by atoms with Crippen LogP contribution in [0.2, 0.25) is 0 Å². The van der Waals surface area contributed by atoms with E-state index in [2.05, 4.69) is 34.8 Å². The monoisotopic (exact) mass is 939 g/mol. The molecule has 0 aliphatic carbocycles. The maximum Gasteiger partial charge on any atom is 0.332 e. The number of aromatic nitrogens is 1. The number of fused-ring (bicyclic) bond motifs is 18. The Morgan fingerprint density at radius 1 is 0.791 bits per heavy atom. The van der Waals surface area contributed by atoms with Crippen LogP contribution in [-0.2, 0) is 44.7 Å². The van der Waals surface area contributed by atoms with Gasteiger partial charge in [0.05, 0.1) is 12.3 Å². The second-order valence-corrected chi connectivity index (χ2v) is 19.8. The summed E-state index contributed by atoms with van der Waals surface area (Å²) in [6.07, 6.45) is 7.06. The fourth-order valence-corrected chi connectivity index (χ4v) is 9.39. The minimum atomic E-state index is -1.62. The lowest BCUT2D eigenvalue weighted by molar-refractivity contribution is -0.179. The number of hydrogen-bond acceptors (Lipinski definition) is 10. The Morgan fingerprint density at radius 3 is 2.00 bits per heavy atom. The summed E-state index contributed by atoms with van der Waals surface area (Å²) in [4.78, 5) is 110. The summed E-state index contributed by atoms with van der Waals surface area (Å²) < 4.78 is 20.6. The fourth-order valence-electron chi connectivity index (χ4n) is 9.39. The quantitative estimate of drug-likeness (QED) is 0.122. The van der Waals surface area contributed by atoms with Crippen molar-refractivity contribution in [2.75, 3.05) is 21.1 Å². The van der Waals surface area contributed by atoms with Crippen molar-refractivity contribution in [2.24, 2.45) is 23.7 Å². The number of nitriles is 1. The maximum atomic E-state index is 14.8. The lowest BCUT2D eigenvalue weighted by Gasteiger charge is -2.49. The van der Waals surface area contributed by atoms with Gasteiger partial charge in [-0.2, -0.15) is 5.26 Å². The molecule has 17 heteroatoms. The van der Waals surface area contributed by atoms with Gasteiger partial charge < -0.3 is 35.4 Å². The van der Waals surface area contributed by atoms with E-state index in [4.69, 9.17) is 4.74 Å². The topological polar surface area (TPSA) is 211 Å². The van der Waals surface area contributed by atoms with Crippen molar-refractivity contribution >= 4 is 41.4 Å². The molecule has 1 aromatic heterocycles. The predicted octanol–water partition coefficient (Wildman–Crippen LogP) is 5.62. The molecule has 6 amide bonds. The van der Waals surface area contributed by atoms with Crippen molar-refractivity contribution in [3.63, 3.8) is 0 Å². The molecule has 374 valence electrons. The van der Waals surface area contributed by atoms with Crippen LogP contribution in [0.1, 0.15) is 151 Å². The minimum Gasteiger partial charge on any atom is -0.450 e. The van der Waals surface area contributed by atoms with Gasteiger partial charge in [-0.3, -0.25) is 33.8 Å². The van der Waals surface area contributed by atoms with Crippen molar-refractivity contribution < 1.29 is 42.7 Å². The van der Waals surface area contributed by atoms with Gasteiger partial charge in [0.15, 0.2) is 6.10 Å². The molecule has 4 heterocycles. The van der Waals surface area contributed by atoms with Crippen molar-refractivity contribution in [3.8, 4) is 6.07 Å². The zero-order chi connectivity index (χ0) is 50.2. The zero-order valence-electron chi connectivity index (χ0n) is 42.0. The minimum absolute atomic E-state index is 0.00425. The van der Waals surface area contributed by atoms with Crippen LogP contribution in [-0.4, -0.2) is 124 Å². The highest BCUT2D eigenvalue weighted by molar-refractivity contribution is 5.99. The number of halogens is 1. The number of piperidine rings is 1. The van der Waals surface area contributed by atoms with Gasteiger partial charge in [0.2, 0.25) is 29.5 Å². The largest absolute Gasteiger partial charge is 0.450 e. The first-order chi connectivity index (χ1) is 31.6. The van der Waals surface area contributed by atoms with Crippen molar-refractivity contribution in [1.82, 2.24) is 35.6 Å². The SMILES string of the molecule is CCCCC1C[C@@H]2NC(=O)[C@H](Cc3cncc(F)c3)N(C)C(=O)[C@H](CC(C)C)NC(=O)[C@H](CC(C)C)N(C)C(=O)[C@H](CC[C@H](CC)CCCC)NC(=O)[C@@H](CCC#N)OC(=O)[C@]1(C)N(C)C2=O. The summed E-state index contributed by atoms with van der Waals surface area (Å²) in [6.45, 7) is 15.3. The molecular weight excluding hydrogens is 860 g/mol. The number of nitrogens with zero attached hydrogens (tertiary/aromatic N) is 5. The number of amides is 6. The van der Waals surface area contributed by atoms with Crippen molar-refractivity contribution in [1.29, 1.82) is 5.26 Å². The van der Waals surface area contributed by atoms with Crippen LogP contribution in [0, 0.1) is 40.8 Å². The molecule has 0 saturated carbocycles. The number of carbonyl (C=O) groups is 7. The Hall–Kier alpha value is -5.14. The molecular formula is C50H79FN8O8. The number of unbranched alkanes of at least 4 members (excludes halogenated alkanes) is 2. The number of ether oxygens (including phenoxy) is 1. The van der Waals surface area contributed by atoms with E-state index >= 15 is 0 Å². The highest BCUT2D eigenvalue weighted by Gasteiger charge is 2.55. The summed E-state index contributed by atoms with van der Waals surface area (Å²) in [5.41, 5.74) is -1.32. The van der Waals surface area contributed by atoms with Crippen LogP contribution in [0.5, 0.6) is 0 Å². The van der Waals surface area contributed by atoms with Gasteiger partial charge in [-0.1, -0.05) is 87.0 Å². The fraction of sp³-hybridized carbons (Fsp3) is 0.740. The highest BCUT2D eigenvalue weighted by atomic mass is 19.1. The predicted molar refractivity (Wildman–Crippen MR) is 252 cm³/mol. The Balaban J connectivity index is 2.31. The van der Waals surface area contributed by atoms with Gasteiger partial charge in [-0.15, -0.1) is 0 Å². The Morgan fingerprint density at radius 2 is 1.40 bits per heavy atom. The normalized spacial score (nSPS) is 26.8. The third kappa shape index (κ3) is 15.2. The molecule has 67 heavy (non-hydrogen) atoms. The van der Waals surface area contributed by atoms with Crippen LogP contribution < -0.4 is 16.0 Å². The molecule has 1 unspecified atom stereocenters. The van der Waals surface area contributed by atoms with Gasteiger partial charge in [-0.05, 0) is 80.8 Å². The van der Waals surface area contributed by atoms with E-state index < -0.39 is 95.0 Å². The number of nitrogens with one attached hydrogen (secondary N) is 3.